The number of likely N-dealkylation sites (N-methyl/N-ethyl adjacent to an activating group) is 1. The Morgan fingerprint density at radius 3 is 2.87 bits per heavy atom. The van der Waals surface area contributed by atoms with E-state index in [0.717, 1.165) is 0 Å². The van der Waals surface area contributed by atoms with Gasteiger partial charge in [-0.3, -0.25) is 9.20 Å². The number of pyridine rings is 1. The number of carbonyl (C=O) groups excluding carboxylic acids is 1. The number of hydrogen-bond donors (Lipinski definition) is 0. The van der Waals surface area contributed by atoms with Gasteiger partial charge in [0.1, 0.15) is 5.82 Å². The molecule has 0 saturated heterocycles. The van der Waals surface area contributed by atoms with E-state index in [0.29, 0.717) is 11.5 Å². The Bertz CT molecular complexity index is 844. The van der Waals surface area contributed by atoms with Gasteiger partial charge in [0.15, 0.2) is 11.5 Å². The van der Waals surface area contributed by atoms with Crippen molar-refractivity contribution in [2.45, 2.75) is 13.0 Å². The van der Waals surface area contributed by atoms with E-state index in [1.807, 2.05) is 24.4 Å². The fourth-order valence-corrected chi connectivity index (χ4v) is 2.52. The highest BCUT2D eigenvalue weighted by atomic mass is 35.5. The van der Waals surface area contributed by atoms with Crippen molar-refractivity contribution in [3.63, 3.8) is 0 Å². The lowest BCUT2D eigenvalue weighted by Crippen LogP contribution is -2.29. The van der Waals surface area contributed by atoms with E-state index in [-0.39, 0.29) is 29.5 Å². The number of halogens is 2. The van der Waals surface area contributed by atoms with E-state index < -0.39 is 5.82 Å². The van der Waals surface area contributed by atoms with Crippen LogP contribution in [-0.4, -0.2) is 32.5 Å². The number of nitrogens with zero attached hydrogens (tertiary/aromatic N) is 4. The number of benzene rings is 1. The molecule has 0 spiro atoms. The Hall–Kier alpha value is -2.47. The molecule has 0 unspecified atom stereocenters. The van der Waals surface area contributed by atoms with Gasteiger partial charge in [-0.2, -0.15) is 0 Å². The van der Waals surface area contributed by atoms with Crippen LogP contribution in [0.15, 0.2) is 42.6 Å². The van der Waals surface area contributed by atoms with E-state index in [1.54, 1.807) is 17.5 Å². The monoisotopic (exact) mass is 332 g/mol. The third-order valence-electron chi connectivity index (χ3n) is 3.58. The topological polar surface area (TPSA) is 50.5 Å². The van der Waals surface area contributed by atoms with Crippen molar-refractivity contribution in [1.29, 1.82) is 0 Å². The fraction of sp³-hybridized carbons (Fsp3) is 0.188. The van der Waals surface area contributed by atoms with Gasteiger partial charge < -0.3 is 4.90 Å². The van der Waals surface area contributed by atoms with Crippen molar-refractivity contribution in [3.05, 3.63) is 64.8 Å². The summed E-state index contributed by atoms with van der Waals surface area (Å²) < 4.78 is 15.6. The summed E-state index contributed by atoms with van der Waals surface area (Å²) in [7, 11) is 1.64. The highest BCUT2D eigenvalue weighted by Gasteiger charge is 2.17. The summed E-state index contributed by atoms with van der Waals surface area (Å²) in [5.41, 5.74) is 0.914. The van der Waals surface area contributed by atoms with Crippen molar-refractivity contribution >= 4 is 23.2 Å². The second-order valence-corrected chi connectivity index (χ2v) is 5.58. The molecule has 0 aliphatic rings. The Morgan fingerprint density at radius 2 is 2.09 bits per heavy atom. The van der Waals surface area contributed by atoms with Crippen LogP contribution >= 0.6 is 11.6 Å². The van der Waals surface area contributed by atoms with Crippen molar-refractivity contribution in [2.75, 3.05) is 7.05 Å². The number of carbonyl (C=O) groups is 1. The first-order chi connectivity index (χ1) is 11.1. The summed E-state index contributed by atoms with van der Waals surface area (Å²) in [6, 6.07) is 9.93. The Labute approximate surface area is 137 Å². The molecule has 0 bridgehead atoms. The van der Waals surface area contributed by atoms with Crippen molar-refractivity contribution in [2.24, 2.45) is 0 Å². The molecule has 0 aliphatic heterocycles. The molecule has 1 amide bonds. The van der Waals surface area contributed by atoms with Gasteiger partial charge in [0.05, 0.1) is 13.0 Å². The summed E-state index contributed by atoms with van der Waals surface area (Å²) in [6.07, 6.45) is 1.73. The van der Waals surface area contributed by atoms with E-state index in [4.69, 9.17) is 11.6 Å². The lowest BCUT2D eigenvalue weighted by molar-refractivity contribution is -0.129. The maximum Gasteiger partial charge on any atom is 0.227 e. The van der Waals surface area contributed by atoms with Crippen molar-refractivity contribution in [1.82, 2.24) is 19.5 Å². The number of amides is 1. The summed E-state index contributed by atoms with van der Waals surface area (Å²) >= 11 is 5.96. The third kappa shape index (κ3) is 3.17. The molecule has 3 aromatic rings. The molecular formula is C16H14ClFN4O. The van der Waals surface area contributed by atoms with E-state index in [1.165, 1.54) is 17.0 Å². The van der Waals surface area contributed by atoms with Crippen LogP contribution in [0.3, 0.4) is 0 Å². The van der Waals surface area contributed by atoms with E-state index in [2.05, 4.69) is 10.2 Å². The molecule has 0 fully saturated rings. The van der Waals surface area contributed by atoms with Gasteiger partial charge in [0, 0.05) is 23.8 Å². The minimum absolute atomic E-state index is 0.0985. The molecule has 3 rings (SSSR count). The molecule has 0 N–H and O–H groups in total. The minimum atomic E-state index is -0.479. The summed E-state index contributed by atoms with van der Waals surface area (Å²) in [5, 5.41) is 8.37. The largest absolute Gasteiger partial charge is 0.338 e. The van der Waals surface area contributed by atoms with Gasteiger partial charge in [-0.1, -0.05) is 23.7 Å². The van der Waals surface area contributed by atoms with Gasteiger partial charge in [-0.15, -0.1) is 10.2 Å². The van der Waals surface area contributed by atoms with E-state index >= 15 is 0 Å². The molecule has 7 heteroatoms. The smallest absolute Gasteiger partial charge is 0.227 e. The van der Waals surface area contributed by atoms with Crippen LogP contribution < -0.4 is 0 Å². The fourth-order valence-electron chi connectivity index (χ4n) is 2.29. The zero-order valence-electron chi connectivity index (χ0n) is 12.4. The van der Waals surface area contributed by atoms with Gasteiger partial charge >= 0.3 is 0 Å². The Balaban J connectivity index is 1.75. The first-order valence-electron chi connectivity index (χ1n) is 7.02. The standard InChI is InChI=1S/C16H14ClFN4O/c1-21(10-15-20-19-14-7-2-3-8-22(14)15)16(23)9-11-12(17)5-4-6-13(11)18/h2-8H,9-10H2,1H3. The molecule has 0 atom stereocenters. The predicted octanol–water partition coefficient (Wildman–Crippen LogP) is 2.72. The molecule has 1 aromatic carbocycles. The average molecular weight is 333 g/mol. The Kier molecular flexibility index (Phi) is 4.25. The van der Waals surface area contributed by atoms with Gasteiger partial charge in [-0.05, 0) is 24.3 Å². The molecule has 0 saturated carbocycles. The molecule has 23 heavy (non-hydrogen) atoms. The second kappa shape index (κ2) is 6.34. The summed E-state index contributed by atoms with van der Waals surface area (Å²) in [4.78, 5) is 13.8. The SMILES string of the molecule is CN(Cc1nnc2ccccn12)C(=O)Cc1c(F)cccc1Cl. The zero-order valence-corrected chi connectivity index (χ0v) is 13.2. The number of fused-ring (bicyclic) bond motifs is 1. The minimum Gasteiger partial charge on any atom is -0.338 e. The van der Waals surface area contributed by atoms with Crippen LogP contribution in [0.4, 0.5) is 4.39 Å². The first-order valence-corrected chi connectivity index (χ1v) is 7.39. The molecular weight excluding hydrogens is 319 g/mol. The molecule has 118 valence electrons. The normalized spacial score (nSPS) is 10.9. The summed E-state index contributed by atoms with van der Waals surface area (Å²) in [6.45, 7) is 0.274. The molecule has 5 nitrogen and oxygen atoms in total. The lowest BCUT2D eigenvalue weighted by atomic mass is 10.1. The van der Waals surface area contributed by atoms with Crippen LogP contribution in [0.2, 0.25) is 5.02 Å². The lowest BCUT2D eigenvalue weighted by Gasteiger charge is -2.16. The van der Waals surface area contributed by atoms with Gasteiger partial charge in [-0.25, -0.2) is 4.39 Å². The predicted molar refractivity (Wildman–Crippen MR) is 84.6 cm³/mol. The number of aromatic nitrogens is 3. The molecule has 0 radical (unpaired) electrons. The quantitative estimate of drug-likeness (QED) is 0.738. The van der Waals surface area contributed by atoms with Crippen molar-refractivity contribution in [3.8, 4) is 0 Å². The van der Waals surface area contributed by atoms with Crippen LogP contribution in [0, 0.1) is 5.82 Å². The van der Waals surface area contributed by atoms with Gasteiger partial charge in [0.25, 0.3) is 0 Å². The third-order valence-corrected chi connectivity index (χ3v) is 3.93. The number of rotatable bonds is 4. The molecule has 2 heterocycles. The van der Waals surface area contributed by atoms with Crippen LogP contribution in [-0.2, 0) is 17.8 Å². The summed E-state index contributed by atoms with van der Waals surface area (Å²) in [5.74, 6) is -0.0899. The maximum atomic E-state index is 13.8. The van der Waals surface area contributed by atoms with Gasteiger partial charge in [0.2, 0.25) is 5.91 Å². The van der Waals surface area contributed by atoms with Crippen LogP contribution in [0.5, 0.6) is 0 Å². The average Bonchev–Trinajstić information content (AvgIpc) is 2.94. The zero-order chi connectivity index (χ0) is 16.4. The number of hydrogen-bond acceptors (Lipinski definition) is 3. The van der Waals surface area contributed by atoms with Crippen LogP contribution in [0.25, 0.3) is 5.65 Å². The molecule has 0 aliphatic carbocycles. The maximum absolute atomic E-state index is 13.8. The van der Waals surface area contributed by atoms with Crippen molar-refractivity contribution < 1.29 is 9.18 Å². The molecule has 2 aromatic heterocycles. The highest BCUT2D eigenvalue weighted by molar-refractivity contribution is 6.31. The highest BCUT2D eigenvalue weighted by Crippen LogP contribution is 2.20. The first kappa shape index (κ1) is 15.4. The second-order valence-electron chi connectivity index (χ2n) is 5.17. The van der Waals surface area contributed by atoms with Crippen LogP contribution in [0.1, 0.15) is 11.4 Å². The van der Waals surface area contributed by atoms with E-state index in [9.17, 15) is 9.18 Å². The Morgan fingerprint density at radius 1 is 1.26 bits per heavy atom.